The van der Waals surface area contributed by atoms with Crippen LogP contribution in [0.15, 0.2) is 34.0 Å². The Morgan fingerprint density at radius 2 is 1.90 bits per heavy atom. The van der Waals surface area contributed by atoms with Gasteiger partial charge >= 0.3 is 5.69 Å². The summed E-state index contributed by atoms with van der Waals surface area (Å²) in [7, 11) is 2.81. The Bertz CT molecular complexity index is 1330. The van der Waals surface area contributed by atoms with Gasteiger partial charge in [0, 0.05) is 31.9 Å². The molecule has 0 saturated heterocycles. The minimum Gasteiger partial charge on any atom is -0.321 e. The molecular formula is C19H18ClN5O5. The van der Waals surface area contributed by atoms with Crippen LogP contribution < -0.4 is 16.6 Å². The van der Waals surface area contributed by atoms with Gasteiger partial charge in [0.15, 0.2) is 5.65 Å². The molecule has 156 valence electrons. The molecule has 0 spiro atoms. The van der Waals surface area contributed by atoms with Crippen molar-refractivity contribution in [2.45, 2.75) is 19.8 Å². The van der Waals surface area contributed by atoms with Gasteiger partial charge in [0.25, 0.3) is 17.2 Å². The van der Waals surface area contributed by atoms with Crippen LogP contribution in [0, 0.1) is 10.1 Å². The van der Waals surface area contributed by atoms with E-state index in [1.807, 2.05) is 13.8 Å². The summed E-state index contributed by atoms with van der Waals surface area (Å²) in [5.41, 5.74) is -0.684. The number of nitrogens with one attached hydrogen (secondary N) is 1. The highest BCUT2D eigenvalue weighted by Gasteiger charge is 2.22. The SMILES string of the molecule is CC(C)c1cnc2c(c1NC(=O)c1ccc(Cl)c([N+](=O)[O-])c1)c(=O)n(C)c(=O)n2C. The van der Waals surface area contributed by atoms with E-state index in [1.54, 1.807) is 0 Å². The molecule has 0 saturated carbocycles. The van der Waals surface area contributed by atoms with E-state index in [0.717, 1.165) is 10.6 Å². The fourth-order valence-electron chi connectivity index (χ4n) is 3.09. The van der Waals surface area contributed by atoms with Gasteiger partial charge in [0.2, 0.25) is 0 Å². The van der Waals surface area contributed by atoms with Crippen molar-refractivity contribution in [2.75, 3.05) is 5.32 Å². The zero-order valence-electron chi connectivity index (χ0n) is 16.6. The average Bonchev–Trinajstić information content (AvgIpc) is 2.70. The Labute approximate surface area is 174 Å². The molecule has 1 amide bonds. The second-order valence-corrected chi connectivity index (χ2v) is 7.43. The molecule has 0 fully saturated rings. The molecule has 11 heteroatoms. The predicted molar refractivity (Wildman–Crippen MR) is 112 cm³/mol. The van der Waals surface area contributed by atoms with Gasteiger partial charge in [-0.3, -0.25) is 28.8 Å². The monoisotopic (exact) mass is 431 g/mol. The highest BCUT2D eigenvalue weighted by molar-refractivity contribution is 6.32. The van der Waals surface area contributed by atoms with Crippen molar-refractivity contribution in [3.05, 3.63) is 71.5 Å². The van der Waals surface area contributed by atoms with Gasteiger partial charge in [-0.05, 0) is 23.6 Å². The molecule has 1 N–H and O–H groups in total. The summed E-state index contributed by atoms with van der Waals surface area (Å²) in [6, 6.07) is 3.66. The van der Waals surface area contributed by atoms with Gasteiger partial charge in [-0.2, -0.15) is 0 Å². The Hall–Kier alpha value is -3.53. The third-order valence-electron chi connectivity index (χ3n) is 4.76. The molecule has 2 heterocycles. The second-order valence-electron chi connectivity index (χ2n) is 7.03. The maximum atomic E-state index is 12.9. The van der Waals surface area contributed by atoms with Crippen LogP contribution in [0.5, 0.6) is 0 Å². The van der Waals surface area contributed by atoms with E-state index in [9.17, 15) is 24.5 Å². The number of carbonyl (C=O) groups excluding carboxylic acids is 1. The Morgan fingerprint density at radius 1 is 1.23 bits per heavy atom. The molecule has 2 aromatic heterocycles. The minimum atomic E-state index is -0.688. The van der Waals surface area contributed by atoms with Gasteiger partial charge in [0.05, 0.1) is 10.6 Å². The lowest BCUT2D eigenvalue weighted by Crippen LogP contribution is -2.38. The maximum Gasteiger partial charge on any atom is 0.332 e. The number of amides is 1. The molecular weight excluding hydrogens is 414 g/mol. The van der Waals surface area contributed by atoms with Gasteiger partial charge in [-0.1, -0.05) is 25.4 Å². The number of nitro groups is 1. The van der Waals surface area contributed by atoms with Crippen LogP contribution in [0.3, 0.4) is 0 Å². The van der Waals surface area contributed by atoms with Crippen LogP contribution in [0.25, 0.3) is 11.0 Å². The summed E-state index contributed by atoms with van der Waals surface area (Å²) < 4.78 is 2.14. The zero-order chi connectivity index (χ0) is 22.3. The first kappa shape index (κ1) is 21.2. The number of halogens is 1. The minimum absolute atomic E-state index is 0.00703. The number of fused-ring (bicyclic) bond motifs is 1. The molecule has 3 rings (SSSR count). The van der Waals surface area contributed by atoms with Gasteiger partial charge in [-0.25, -0.2) is 9.78 Å². The molecule has 30 heavy (non-hydrogen) atoms. The molecule has 0 atom stereocenters. The first-order chi connectivity index (χ1) is 14.0. The number of nitrogens with zero attached hydrogens (tertiary/aromatic N) is 4. The van der Waals surface area contributed by atoms with Crippen LogP contribution >= 0.6 is 11.6 Å². The van der Waals surface area contributed by atoms with E-state index in [2.05, 4.69) is 10.3 Å². The third kappa shape index (κ3) is 3.45. The Morgan fingerprint density at radius 3 is 2.50 bits per heavy atom. The maximum absolute atomic E-state index is 12.9. The lowest BCUT2D eigenvalue weighted by molar-refractivity contribution is -0.384. The first-order valence-electron chi connectivity index (χ1n) is 8.88. The zero-order valence-corrected chi connectivity index (χ0v) is 17.4. The summed E-state index contributed by atoms with van der Waals surface area (Å²) in [6.07, 6.45) is 1.49. The predicted octanol–water partition coefficient (Wildman–Crippen LogP) is 2.57. The molecule has 0 aliphatic rings. The van der Waals surface area contributed by atoms with Crippen molar-refractivity contribution in [3.63, 3.8) is 0 Å². The molecule has 0 bridgehead atoms. The van der Waals surface area contributed by atoms with E-state index in [0.29, 0.717) is 5.56 Å². The number of anilines is 1. The second kappa shape index (κ2) is 7.71. The highest BCUT2D eigenvalue weighted by Crippen LogP contribution is 2.30. The quantitative estimate of drug-likeness (QED) is 0.499. The molecule has 10 nitrogen and oxygen atoms in total. The normalized spacial score (nSPS) is 11.1. The molecule has 0 radical (unpaired) electrons. The fourth-order valence-corrected chi connectivity index (χ4v) is 3.28. The summed E-state index contributed by atoms with van der Waals surface area (Å²) in [5.74, 6) is -0.779. The van der Waals surface area contributed by atoms with Crippen molar-refractivity contribution >= 4 is 39.9 Å². The summed E-state index contributed by atoms with van der Waals surface area (Å²) in [5, 5.41) is 13.8. The lowest BCUT2D eigenvalue weighted by Gasteiger charge is -2.17. The number of benzene rings is 1. The molecule has 3 aromatic rings. The number of aryl methyl sites for hydroxylation is 1. The van der Waals surface area contributed by atoms with Crippen molar-refractivity contribution in [2.24, 2.45) is 14.1 Å². The summed E-state index contributed by atoms with van der Waals surface area (Å²) in [6.45, 7) is 3.72. The number of rotatable bonds is 4. The van der Waals surface area contributed by atoms with Gasteiger partial charge in [0.1, 0.15) is 10.4 Å². The number of pyridine rings is 1. The fraction of sp³-hybridized carbons (Fsp3) is 0.263. The van der Waals surface area contributed by atoms with Crippen molar-refractivity contribution < 1.29 is 9.72 Å². The number of nitro benzene ring substituents is 1. The molecule has 0 aliphatic heterocycles. The van der Waals surface area contributed by atoms with Crippen LogP contribution in [-0.4, -0.2) is 24.9 Å². The number of hydrogen-bond donors (Lipinski definition) is 1. The topological polar surface area (TPSA) is 129 Å². The van der Waals surface area contributed by atoms with E-state index < -0.39 is 27.8 Å². The smallest absolute Gasteiger partial charge is 0.321 e. The van der Waals surface area contributed by atoms with Crippen molar-refractivity contribution in [1.29, 1.82) is 0 Å². The summed E-state index contributed by atoms with van der Waals surface area (Å²) in [4.78, 5) is 52.7. The third-order valence-corrected chi connectivity index (χ3v) is 5.08. The standard InChI is InChI=1S/C19H18ClN5O5/c1-9(2)11-8-21-16-14(18(27)24(4)19(28)23(16)3)15(11)22-17(26)10-5-6-12(20)13(7-10)25(29)30/h5-9H,1-4H3,(H,21,22,26). The van der Waals surface area contributed by atoms with Crippen LogP contribution in [-0.2, 0) is 14.1 Å². The molecule has 1 aromatic carbocycles. The lowest BCUT2D eigenvalue weighted by atomic mass is 10.0. The average molecular weight is 432 g/mol. The van der Waals surface area contributed by atoms with Crippen LogP contribution in [0.2, 0.25) is 5.02 Å². The van der Waals surface area contributed by atoms with E-state index in [-0.39, 0.29) is 33.2 Å². The van der Waals surface area contributed by atoms with Crippen molar-refractivity contribution in [1.82, 2.24) is 14.1 Å². The van der Waals surface area contributed by atoms with Gasteiger partial charge < -0.3 is 5.32 Å². The van der Waals surface area contributed by atoms with Crippen LogP contribution in [0.4, 0.5) is 11.4 Å². The highest BCUT2D eigenvalue weighted by atomic mass is 35.5. The first-order valence-corrected chi connectivity index (χ1v) is 9.26. The number of hydrogen-bond acceptors (Lipinski definition) is 6. The van der Waals surface area contributed by atoms with E-state index in [4.69, 9.17) is 11.6 Å². The van der Waals surface area contributed by atoms with Gasteiger partial charge in [-0.15, -0.1) is 0 Å². The van der Waals surface area contributed by atoms with E-state index in [1.165, 1.54) is 37.0 Å². The molecule has 0 unspecified atom stereocenters. The Kier molecular flexibility index (Phi) is 5.45. The summed E-state index contributed by atoms with van der Waals surface area (Å²) >= 11 is 5.81. The Balaban J connectivity index is 2.25. The largest absolute Gasteiger partial charge is 0.332 e. The molecule has 0 aliphatic carbocycles. The van der Waals surface area contributed by atoms with E-state index >= 15 is 0 Å². The number of carbonyl (C=O) groups is 1. The van der Waals surface area contributed by atoms with Crippen molar-refractivity contribution in [3.8, 4) is 0 Å². The van der Waals surface area contributed by atoms with Crippen LogP contribution in [0.1, 0.15) is 35.7 Å². The number of aromatic nitrogens is 3.